The number of aromatic nitrogens is 1. The topological polar surface area (TPSA) is 31.4 Å². The molecule has 0 bridgehead atoms. The summed E-state index contributed by atoms with van der Waals surface area (Å²) in [4.78, 5) is 4.68. The van der Waals surface area contributed by atoms with Gasteiger partial charge in [0.25, 0.3) is 0 Å². The summed E-state index contributed by atoms with van der Waals surface area (Å²) in [6.45, 7) is 8.95. The molecular weight excluding hydrogens is 370 g/mol. The summed E-state index contributed by atoms with van der Waals surface area (Å²) in [6, 6.07) is 21.8. The van der Waals surface area contributed by atoms with Crippen LogP contribution in [0.1, 0.15) is 51.7 Å². The van der Waals surface area contributed by atoms with E-state index in [1.165, 1.54) is 0 Å². The number of hydrogen-bond donors (Lipinski definition) is 0. The lowest BCUT2D eigenvalue weighted by molar-refractivity contribution is 0.124. The zero-order valence-corrected chi connectivity index (χ0v) is 18.2. The van der Waals surface area contributed by atoms with Crippen LogP contribution in [0.4, 0.5) is 0 Å². The molecule has 0 amide bonds. The third kappa shape index (κ3) is 6.39. The van der Waals surface area contributed by atoms with E-state index in [1.807, 2.05) is 87.5 Å². The Balaban J connectivity index is 1.81. The van der Waals surface area contributed by atoms with Gasteiger partial charge in [-0.3, -0.25) is 0 Å². The Hall–Kier alpha value is -3.25. The predicted molar refractivity (Wildman–Crippen MR) is 123 cm³/mol. The zero-order chi connectivity index (χ0) is 21.4. The number of pyridine rings is 1. The molecule has 3 aromatic rings. The van der Waals surface area contributed by atoms with E-state index >= 15 is 0 Å². The number of unbranched alkanes of at least 4 members (excludes halogenated alkanes) is 1. The Morgan fingerprint density at radius 3 is 2.37 bits per heavy atom. The van der Waals surface area contributed by atoms with Crippen molar-refractivity contribution in [3.05, 3.63) is 77.9 Å². The third-order valence-electron chi connectivity index (χ3n) is 4.30. The van der Waals surface area contributed by atoms with Crippen molar-refractivity contribution in [1.29, 1.82) is 0 Å². The normalized spacial score (nSPS) is 10.8. The summed E-state index contributed by atoms with van der Waals surface area (Å²) in [5.74, 6) is 8.05. The second-order valence-electron chi connectivity index (χ2n) is 8.10. The number of hydrogen-bond acceptors (Lipinski definition) is 3. The molecule has 154 valence electrons. The van der Waals surface area contributed by atoms with E-state index in [1.54, 1.807) is 0 Å². The van der Waals surface area contributed by atoms with Crippen molar-refractivity contribution in [2.75, 3.05) is 6.61 Å². The molecule has 3 rings (SSSR count). The van der Waals surface area contributed by atoms with E-state index in [0.717, 1.165) is 47.6 Å². The fourth-order valence-electron chi connectivity index (χ4n) is 2.86. The summed E-state index contributed by atoms with van der Waals surface area (Å²) in [7, 11) is 0. The van der Waals surface area contributed by atoms with Crippen molar-refractivity contribution < 1.29 is 9.47 Å². The molecule has 0 saturated heterocycles. The second-order valence-corrected chi connectivity index (χ2v) is 8.10. The first-order valence-corrected chi connectivity index (χ1v) is 10.4. The molecule has 1 heterocycles. The van der Waals surface area contributed by atoms with Crippen LogP contribution in [0.3, 0.4) is 0 Å². The molecule has 3 nitrogen and oxygen atoms in total. The fourth-order valence-corrected chi connectivity index (χ4v) is 2.86. The Labute approximate surface area is 180 Å². The van der Waals surface area contributed by atoms with Gasteiger partial charge in [0.15, 0.2) is 0 Å². The first-order chi connectivity index (χ1) is 14.4. The van der Waals surface area contributed by atoms with Crippen LogP contribution in [0.15, 0.2) is 66.7 Å². The van der Waals surface area contributed by atoms with Gasteiger partial charge in [-0.05, 0) is 63.6 Å². The molecule has 0 N–H and O–H groups in total. The number of ether oxygens (including phenoxy) is 2. The molecule has 0 radical (unpaired) electrons. The molecule has 0 aliphatic rings. The van der Waals surface area contributed by atoms with Crippen LogP contribution in [-0.2, 0) is 0 Å². The minimum absolute atomic E-state index is 0.294. The average Bonchev–Trinajstić information content (AvgIpc) is 2.72. The first kappa shape index (κ1) is 21.5. The highest BCUT2D eigenvalue weighted by Gasteiger charge is 2.13. The Bertz CT molecular complexity index is 1020. The smallest absolute Gasteiger partial charge is 0.214 e. The van der Waals surface area contributed by atoms with E-state index in [9.17, 15) is 0 Å². The van der Waals surface area contributed by atoms with Crippen LogP contribution in [0.2, 0.25) is 0 Å². The molecular formula is C27H29NO2. The lowest BCUT2D eigenvalue weighted by Gasteiger charge is -2.20. The van der Waals surface area contributed by atoms with Gasteiger partial charge in [-0.1, -0.05) is 49.5 Å². The highest BCUT2D eigenvalue weighted by molar-refractivity contribution is 5.69. The Morgan fingerprint density at radius 2 is 1.63 bits per heavy atom. The summed E-state index contributed by atoms with van der Waals surface area (Å²) in [5.41, 5.74) is 3.42. The summed E-state index contributed by atoms with van der Waals surface area (Å²) < 4.78 is 11.6. The third-order valence-corrected chi connectivity index (χ3v) is 4.30. The number of benzene rings is 2. The summed E-state index contributed by atoms with van der Waals surface area (Å²) in [6.07, 6.45) is 2.19. The quantitative estimate of drug-likeness (QED) is 0.350. The van der Waals surface area contributed by atoms with Crippen molar-refractivity contribution in [2.24, 2.45) is 0 Å². The summed E-state index contributed by atoms with van der Waals surface area (Å²) in [5, 5.41) is 0. The van der Waals surface area contributed by atoms with Gasteiger partial charge >= 0.3 is 0 Å². The maximum absolute atomic E-state index is 5.92. The van der Waals surface area contributed by atoms with Gasteiger partial charge in [-0.25, -0.2) is 4.98 Å². The van der Waals surface area contributed by atoms with Crippen molar-refractivity contribution in [2.45, 2.75) is 46.1 Å². The van der Waals surface area contributed by atoms with Crippen LogP contribution in [-0.4, -0.2) is 17.2 Å². The summed E-state index contributed by atoms with van der Waals surface area (Å²) >= 11 is 0. The van der Waals surface area contributed by atoms with Gasteiger partial charge in [-0.15, -0.1) is 0 Å². The van der Waals surface area contributed by atoms with E-state index in [0.29, 0.717) is 5.88 Å². The van der Waals surface area contributed by atoms with E-state index in [4.69, 9.17) is 9.47 Å². The molecule has 0 fully saturated rings. The molecule has 0 saturated carbocycles. The lowest BCUT2D eigenvalue weighted by atomic mass is 10.0. The van der Waals surface area contributed by atoms with Crippen LogP contribution >= 0.6 is 0 Å². The number of nitrogens with zero attached hydrogens (tertiary/aromatic N) is 1. The molecule has 30 heavy (non-hydrogen) atoms. The largest absolute Gasteiger partial charge is 0.494 e. The highest BCUT2D eigenvalue weighted by atomic mass is 16.5. The molecule has 2 aromatic carbocycles. The van der Waals surface area contributed by atoms with Crippen LogP contribution in [0.25, 0.3) is 11.3 Å². The van der Waals surface area contributed by atoms with E-state index in [2.05, 4.69) is 23.7 Å². The van der Waals surface area contributed by atoms with Gasteiger partial charge in [0.2, 0.25) is 5.88 Å². The molecule has 1 aromatic heterocycles. The Morgan fingerprint density at radius 1 is 0.867 bits per heavy atom. The van der Waals surface area contributed by atoms with Crippen molar-refractivity contribution in [3.63, 3.8) is 0 Å². The van der Waals surface area contributed by atoms with Gasteiger partial charge < -0.3 is 9.47 Å². The maximum atomic E-state index is 5.92. The lowest BCUT2D eigenvalue weighted by Crippen LogP contribution is -2.23. The molecule has 0 aliphatic carbocycles. The molecule has 3 heteroatoms. The second kappa shape index (κ2) is 9.98. The average molecular weight is 400 g/mol. The van der Waals surface area contributed by atoms with Crippen LogP contribution in [0.5, 0.6) is 11.6 Å². The van der Waals surface area contributed by atoms with Crippen molar-refractivity contribution in [1.82, 2.24) is 4.98 Å². The molecule has 0 spiro atoms. The highest BCUT2D eigenvalue weighted by Crippen LogP contribution is 2.25. The zero-order valence-electron chi connectivity index (χ0n) is 18.2. The number of rotatable bonds is 6. The molecule has 0 atom stereocenters. The predicted octanol–water partition coefficient (Wildman–Crippen LogP) is 6.50. The monoisotopic (exact) mass is 399 g/mol. The van der Waals surface area contributed by atoms with E-state index in [-0.39, 0.29) is 5.60 Å². The molecule has 0 unspecified atom stereocenters. The standard InChI is InChI=1S/C27H29NO2/c1-5-6-20-29-23-18-15-21(16-19-23)14-17-22-10-7-8-11-24(22)25-12-9-13-26(28-25)30-27(2,3)4/h7-13,15-16,18-19H,5-6,20H2,1-4H3. The molecule has 0 aliphatic heterocycles. The maximum Gasteiger partial charge on any atom is 0.214 e. The van der Waals surface area contributed by atoms with Crippen molar-refractivity contribution >= 4 is 0 Å². The minimum atomic E-state index is -0.294. The first-order valence-electron chi connectivity index (χ1n) is 10.4. The minimum Gasteiger partial charge on any atom is -0.494 e. The SMILES string of the molecule is CCCCOc1ccc(C#Cc2ccccc2-c2cccc(OC(C)(C)C)n2)cc1. The van der Waals surface area contributed by atoms with Crippen LogP contribution in [0, 0.1) is 11.8 Å². The van der Waals surface area contributed by atoms with Gasteiger partial charge in [-0.2, -0.15) is 0 Å². The Kier molecular flexibility index (Phi) is 7.14. The van der Waals surface area contributed by atoms with Crippen molar-refractivity contribution in [3.8, 4) is 34.7 Å². The van der Waals surface area contributed by atoms with Crippen LogP contribution < -0.4 is 9.47 Å². The van der Waals surface area contributed by atoms with Gasteiger partial charge in [0.05, 0.1) is 12.3 Å². The fraction of sp³-hybridized carbons (Fsp3) is 0.296. The van der Waals surface area contributed by atoms with E-state index < -0.39 is 0 Å². The van der Waals surface area contributed by atoms with Gasteiger partial charge in [0, 0.05) is 22.8 Å². The van der Waals surface area contributed by atoms with Gasteiger partial charge in [0.1, 0.15) is 11.4 Å².